The highest BCUT2D eigenvalue weighted by Crippen LogP contribution is 2.30. The molecule has 0 spiro atoms. The predicted molar refractivity (Wildman–Crippen MR) is 116 cm³/mol. The third kappa shape index (κ3) is 5.88. The van der Waals surface area contributed by atoms with Crippen molar-refractivity contribution in [1.29, 1.82) is 0 Å². The molecular formula is C23H22ClNOS. The summed E-state index contributed by atoms with van der Waals surface area (Å²) < 4.78 is 0. The topological polar surface area (TPSA) is 29.1 Å². The molecule has 0 unspecified atom stereocenters. The van der Waals surface area contributed by atoms with Crippen LogP contribution in [-0.4, -0.2) is 5.91 Å². The van der Waals surface area contributed by atoms with Crippen molar-refractivity contribution in [3.05, 3.63) is 94.5 Å². The average Bonchev–Trinajstić information content (AvgIpc) is 2.69. The van der Waals surface area contributed by atoms with Gasteiger partial charge in [-0.2, -0.15) is 0 Å². The van der Waals surface area contributed by atoms with Crippen LogP contribution in [0.15, 0.2) is 77.7 Å². The fourth-order valence-corrected chi connectivity index (χ4v) is 3.80. The van der Waals surface area contributed by atoms with Crippen molar-refractivity contribution < 1.29 is 4.79 Å². The molecule has 1 amide bonds. The molecule has 0 aliphatic carbocycles. The summed E-state index contributed by atoms with van der Waals surface area (Å²) in [6, 6.07) is 24.0. The Kier molecular flexibility index (Phi) is 6.97. The average molecular weight is 396 g/mol. The normalized spacial score (nSPS) is 10.6. The number of aryl methyl sites for hydroxylation is 1. The van der Waals surface area contributed by atoms with Crippen LogP contribution in [-0.2, 0) is 23.4 Å². The van der Waals surface area contributed by atoms with Gasteiger partial charge in [-0.05, 0) is 47.4 Å². The smallest absolute Gasteiger partial charge is 0.228 e. The van der Waals surface area contributed by atoms with Crippen LogP contribution >= 0.6 is 23.4 Å². The van der Waals surface area contributed by atoms with E-state index in [0.29, 0.717) is 6.42 Å². The second-order valence-electron chi connectivity index (χ2n) is 6.31. The lowest BCUT2D eigenvalue weighted by molar-refractivity contribution is -0.115. The van der Waals surface area contributed by atoms with Crippen molar-refractivity contribution in [2.75, 3.05) is 5.32 Å². The highest BCUT2D eigenvalue weighted by molar-refractivity contribution is 7.98. The van der Waals surface area contributed by atoms with Crippen LogP contribution in [0.3, 0.4) is 0 Å². The first-order chi connectivity index (χ1) is 13.1. The lowest BCUT2D eigenvalue weighted by Gasteiger charge is -2.11. The molecule has 0 radical (unpaired) electrons. The Morgan fingerprint density at radius 1 is 0.889 bits per heavy atom. The van der Waals surface area contributed by atoms with E-state index in [4.69, 9.17) is 11.6 Å². The van der Waals surface area contributed by atoms with Crippen LogP contribution in [0.5, 0.6) is 0 Å². The number of para-hydroxylation sites is 1. The van der Waals surface area contributed by atoms with E-state index >= 15 is 0 Å². The van der Waals surface area contributed by atoms with Crippen LogP contribution in [0.25, 0.3) is 0 Å². The molecular weight excluding hydrogens is 374 g/mol. The Morgan fingerprint density at radius 3 is 2.22 bits per heavy atom. The third-order valence-electron chi connectivity index (χ3n) is 4.26. The van der Waals surface area contributed by atoms with Crippen molar-refractivity contribution in [2.45, 2.75) is 30.4 Å². The first-order valence-corrected chi connectivity index (χ1v) is 10.3. The first-order valence-electron chi connectivity index (χ1n) is 8.98. The number of carbonyl (C=O) groups is 1. The van der Waals surface area contributed by atoms with Crippen LogP contribution in [0.2, 0.25) is 5.02 Å². The van der Waals surface area contributed by atoms with Gasteiger partial charge in [-0.25, -0.2) is 0 Å². The zero-order chi connectivity index (χ0) is 19.1. The fourth-order valence-electron chi connectivity index (χ4n) is 2.71. The van der Waals surface area contributed by atoms with Gasteiger partial charge < -0.3 is 5.32 Å². The van der Waals surface area contributed by atoms with Gasteiger partial charge in [0.2, 0.25) is 5.91 Å². The molecule has 0 aromatic heterocycles. The van der Waals surface area contributed by atoms with Crippen molar-refractivity contribution in [1.82, 2.24) is 0 Å². The van der Waals surface area contributed by atoms with Crippen molar-refractivity contribution >= 4 is 35.0 Å². The van der Waals surface area contributed by atoms with E-state index < -0.39 is 0 Å². The predicted octanol–water partition coefficient (Wildman–Crippen LogP) is 6.38. The fraction of sp³-hybridized carbons (Fsp3) is 0.174. The molecule has 0 aliphatic heterocycles. The molecule has 27 heavy (non-hydrogen) atoms. The van der Waals surface area contributed by atoms with Gasteiger partial charge in [0.1, 0.15) is 0 Å². The second kappa shape index (κ2) is 9.63. The zero-order valence-electron chi connectivity index (χ0n) is 15.2. The van der Waals surface area contributed by atoms with Gasteiger partial charge in [0.25, 0.3) is 0 Å². The van der Waals surface area contributed by atoms with Crippen LogP contribution in [0.1, 0.15) is 23.6 Å². The summed E-state index contributed by atoms with van der Waals surface area (Å²) in [6.07, 6.45) is 1.38. The number of hydrogen-bond acceptors (Lipinski definition) is 2. The highest BCUT2D eigenvalue weighted by atomic mass is 35.5. The molecule has 0 fully saturated rings. The lowest BCUT2D eigenvalue weighted by atomic mass is 10.1. The minimum Gasteiger partial charge on any atom is -0.325 e. The minimum absolute atomic E-state index is 0.00112. The van der Waals surface area contributed by atoms with Crippen molar-refractivity contribution in [3.63, 3.8) is 0 Å². The molecule has 4 heteroatoms. The monoisotopic (exact) mass is 395 g/mol. The SMILES string of the molecule is CCc1ccc(CC(=O)Nc2ccccc2SCc2ccc(Cl)cc2)cc1. The molecule has 0 saturated heterocycles. The summed E-state index contributed by atoms with van der Waals surface area (Å²) in [5, 5.41) is 3.79. The molecule has 3 rings (SSSR count). The van der Waals surface area contributed by atoms with Crippen LogP contribution < -0.4 is 5.32 Å². The van der Waals surface area contributed by atoms with E-state index in [9.17, 15) is 4.79 Å². The Bertz CT molecular complexity index is 891. The number of benzene rings is 3. The standard InChI is InChI=1S/C23H22ClNOS/c1-2-17-7-9-18(10-8-17)15-23(26)25-21-5-3-4-6-22(21)27-16-19-11-13-20(24)14-12-19/h3-14H,2,15-16H2,1H3,(H,25,26). The maximum Gasteiger partial charge on any atom is 0.228 e. The Balaban J connectivity index is 1.62. The maximum atomic E-state index is 12.5. The number of nitrogens with one attached hydrogen (secondary N) is 1. The molecule has 0 atom stereocenters. The second-order valence-corrected chi connectivity index (χ2v) is 7.76. The lowest BCUT2D eigenvalue weighted by Crippen LogP contribution is -2.15. The number of thioether (sulfide) groups is 1. The number of rotatable bonds is 7. The number of anilines is 1. The number of hydrogen-bond donors (Lipinski definition) is 1. The van der Waals surface area contributed by atoms with Gasteiger partial charge in [-0.15, -0.1) is 11.8 Å². The van der Waals surface area contributed by atoms with Crippen molar-refractivity contribution in [3.8, 4) is 0 Å². The summed E-state index contributed by atoms with van der Waals surface area (Å²) >= 11 is 7.64. The summed E-state index contributed by atoms with van der Waals surface area (Å²) in [7, 11) is 0. The van der Waals surface area contributed by atoms with Gasteiger partial charge in [0.05, 0.1) is 12.1 Å². The largest absolute Gasteiger partial charge is 0.325 e. The quantitative estimate of drug-likeness (QED) is 0.470. The Labute approximate surface area is 170 Å². The molecule has 0 heterocycles. The molecule has 0 aliphatic rings. The molecule has 0 bridgehead atoms. The molecule has 0 saturated carbocycles. The van der Waals surface area contributed by atoms with Crippen LogP contribution in [0.4, 0.5) is 5.69 Å². The molecule has 3 aromatic rings. The van der Waals surface area contributed by atoms with Gasteiger partial charge in [0, 0.05) is 15.7 Å². The van der Waals surface area contributed by atoms with Crippen molar-refractivity contribution in [2.24, 2.45) is 0 Å². The van der Waals surface area contributed by atoms with E-state index in [1.54, 1.807) is 11.8 Å². The Hall–Kier alpha value is -2.23. The molecule has 1 N–H and O–H groups in total. The first kappa shape index (κ1) is 19.5. The van der Waals surface area contributed by atoms with E-state index in [-0.39, 0.29) is 5.91 Å². The van der Waals surface area contributed by atoms with Gasteiger partial charge in [0.15, 0.2) is 0 Å². The number of halogens is 1. The van der Waals surface area contributed by atoms with E-state index in [2.05, 4.69) is 24.4 Å². The van der Waals surface area contributed by atoms with E-state index in [1.807, 2.05) is 60.7 Å². The third-order valence-corrected chi connectivity index (χ3v) is 5.66. The summed E-state index contributed by atoms with van der Waals surface area (Å²) in [5.74, 6) is 0.821. The van der Waals surface area contributed by atoms with Crippen LogP contribution in [0, 0.1) is 0 Å². The zero-order valence-corrected chi connectivity index (χ0v) is 16.8. The highest BCUT2D eigenvalue weighted by Gasteiger charge is 2.08. The van der Waals surface area contributed by atoms with Gasteiger partial charge in [-0.1, -0.05) is 67.1 Å². The maximum absolute atomic E-state index is 12.5. The molecule has 2 nitrogen and oxygen atoms in total. The summed E-state index contributed by atoms with van der Waals surface area (Å²) in [6.45, 7) is 2.13. The number of amides is 1. The van der Waals surface area contributed by atoms with Gasteiger partial charge in [-0.3, -0.25) is 4.79 Å². The summed E-state index contributed by atoms with van der Waals surface area (Å²) in [4.78, 5) is 13.5. The van der Waals surface area contributed by atoms with E-state index in [1.165, 1.54) is 11.1 Å². The molecule has 138 valence electrons. The number of carbonyl (C=O) groups excluding carboxylic acids is 1. The van der Waals surface area contributed by atoms with Gasteiger partial charge >= 0.3 is 0 Å². The minimum atomic E-state index is -0.00112. The molecule has 3 aromatic carbocycles. The Morgan fingerprint density at radius 2 is 1.52 bits per heavy atom. The van der Waals surface area contributed by atoms with E-state index in [0.717, 1.165) is 33.3 Å². The summed E-state index contributed by atoms with van der Waals surface area (Å²) in [5.41, 5.74) is 4.35.